The zero-order valence-corrected chi connectivity index (χ0v) is 11.9. The van der Waals surface area contributed by atoms with Gasteiger partial charge in [0.25, 0.3) is 0 Å². The van der Waals surface area contributed by atoms with Crippen molar-refractivity contribution in [3.8, 4) is 0 Å². The van der Waals surface area contributed by atoms with Gasteiger partial charge in [-0.3, -0.25) is 0 Å². The molecule has 1 aliphatic rings. The highest BCUT2D eigenvalue weighted by Gasteiger charge is 2.50. The monoisotopic (exact) mass is 316 g/mol. The highest BCUT2D eigenvalue weighted by Crippen LogP contribution is 2.52. The van der Waals surface area contributed by atoms with Crippen molar-refractivity contribution in [2.24, 2.45) is 0 Å². The van der Waals surface area contributed by atoms with E-state index in [0.29, 0.717) is 11.7 Å². The maximum Gasteiger partial charge on any atom is 0.416 e. The molecule has 3 nitrogen and oxygen atoms in total. The minimum absolute atomic E-state index is 0.324. The summed E-state index contributed by atoms with van der Waals surface area (Å²) in [6, 6.07) is 5.13. The van der Waals surface area contributed by atoms with E-state index >= 15 is 0 Å². The van der Waals surface area contributed by atoms with Crippen molar-refractivity contribution in [1.82, 2.24) is 10.1 Å². The van der Waals surface area contributed by atoms with Crippen molar-refractivity contribution in [3.05, 3.63) is 47.1 Å². The number of benzene rings is 1. The first-order valence-electron chi connectivity index (χ1n) is 6.49. The summed E-state index contributed by atoms with van der Waals surface area (Å²) >= 11 is 5.88. The lowest BCUT2D eigenvalue weighted by molar-refractivity contribution is -0.137. The molecule has 1 fully saturated rings. The van der Waals surface area contributed by atoms with Crippen molar-refractivity contribution in [2.45, 2.75) is 36.7 Å². The fourth-order valence-electron chi connectivity index (χ4n) is 2.34. The number of hydrogen-bond acceptors (Lipinski definition) is 3. The van der Waals surface area contributed by atoms with Crippen LogP contribution in [0, 0.1) is 0 Å². The van der Waals surface area contributed by atoms with Gasteiger partial charge in [0.2, 0.25) is 5.89 Å². The molecule has 1 unspecified atom stereocenters. The minimum Gasteiger partial charge on any atom is -0.338 e. The normalized spacial score (nSPS) is 18.5. The topological polar surface area (TPSA) is 38.9 Å². The van der Waals surface area contributed by atoms with Crippen LogP contribution in [-0.2, 0) is 11.6 Å². The van der Waals surface area contributed by atoms with Crippen molar-refractivity contribution in [3.63, 3.8) is 0 Å². The van der Waals surface area contributed by atoms with Gasteiger partial charge in [0.15, 0.2) is 5.82 Å². The van der Waals surface area contributed by atoms with Gasteiger partial charge in [0.05, 0.1) is 11.0 Å². The lowest BCUT2D eigenvalue weighted by atomic mass is 9.94. The first kappa shape index (κ1) is 14.4. The molecule has 1 atom stereocenters. The van der Waals surface area contributed by atoms with Gasteiger partial charge in [-0.15, -0.1) is 11.6 Å². The number of hydrogen-bond donors (Lipinski definition) is 0. The second-order valence-corrected chi connectivity index (χ2v) is 5.88. The van der Waals surface area contributed by atoms with Crippen molar-refractivity contribution in [2.75, 3.05) is 0 Å². The van der Waals surface area contributed by atoms with Gasteiger partial charge in [-0.25, -0.2) is 0 Å². The molecule has 1 saturated carbocycles. The summed E-state index contributed by atoms with van der Waals surface area (Å²) in [5.74, 6) is 0.814. The Hall–Kier alpha value is -1.56. The van der Waals surface area contributed by atoms with Crippen LogP contribution in [0.4, 0.5) is 13.2 Å². The molecule has 2 aromatic rings. The number of nitrogens with zero attached hydrogens (tertiary/aromatic N) is 2. The van der Waals surface area contributed by atoms with Crippen molar-refractivity contribution < 1.29 is 17.7 Å². The molecule has 1 aromatic heterocycles. The Labute approximate surface area is 124 Å². The molecule has 3 rings (SSSR count). The zero-order valence-electron chi connectivity index (χ0n) is 11.1. The van der Waals surface area contributed by atoms with E-state index in [1.54, 1.807) is 6.92 Å². The highest BCUT2D eigenvalue weighted by atomic mass is 35.5. The third-order valence-corrected chi connectivity index (χ3v) is 3.91. The summed E-state index contributed by atoms with van der Waals surface area (Å²) in [5.41, 5.74) is -0.326. The number of alkyl halides is 4. The Kier molecular flexibility index (Phi) is 3.24. The Balaban J connectivity index is 1.91. The van der Waals surface area contributed by atoms with E-state index in [1.807, 2.05) is 0 Å². The highest BCUT2D eigenvalue weighted by molar-refractivity contribution is 6.20. The molecule has 112 valence electrons. The predicted octanol–water partition coefficient (Wildman–Crippen LogP) is 4.47. The Bertz CT molecular complexity index is 645. The second-order valence-electron chi connectivity index (χ2n) is 5.23. The largest absolute Gasteiger partial charge is 0.416 e. The van der Waals surface area contributed by atoms with E-state index in [2.05, 4.69) is 10.1 Å². The van der Waals surface area contributed by atoms with Gasteiger partial charge in [0, 0.05) is 0 Å². The summed E-state index contributed by atoms with van der Waals surface area (Å²) in [6.45, 7) is 1.72. The van der Waals surface area contributed by atoms with E-state index < -0.39 is 22.5 Å². The molecule has 1 aliphatic carbocycles. The van der Waals surface area contributed by atoms with E-state index in [4.69, 9.17) is 16.1 Å². The summed E-state index contributed by atoms with van der Waals surface area (Å²) in [7, 11) is 0. The van der Waals surface area contributed by atoms with Gasteiger partial charge >= 0.3 is 6.18 Å². The Morgan fingerprint density at radius 3 is 2.29 bits per heavy atom. The zero-order chi connectivity index (χ0) is 15.3. The summed E-state index contributed by atoms with van der Waals surface area (Å²) in [6.07, 6.45) is -2.76. The lowest BCUT2D eigenvalue weighted by Crippen LogP contribution is -2.12. The lowest BCUT2D eigenvalue weighted by Gasteiger charge is -2.13. The fraction of sp³-hybridized carbons (Fsp3) is 0.429. The number of halogens is 4. The number of rotatable bonds is 3. The maximum absolute atomic E-state index is 12.6. The third-order valence-electron chi connectivity index (χ3n) is 3.72. The standard InChI is InChI=1S/C14H12ClF3N2O/c1-8(15)11-19-12(20-21-11)13(6-7-13)9-2-4-10(5-3-9)14(16,17)18/h2-5,8H,6-7H2,1H3. The average molecular weight is 317 g/mol. The Morgan fingerprint density at radius 1 is 1.24 bits per heavy atom. The first-order chi connectivity index (χ1) is 9.83. The van der Waals surface area contributed by atoms with E-state index in [9.17, 15) is 13.2 Å². The molecule has 21 heavy (non-hydrogen) atoms. The van der Waals surface area contributed by atoms with Gasteiger partial charge in [-0.1, -0.05) is 17.3 Å². The molecule has 1 heterocycles. The molecule has 7 heteroatoms. The summed E-state index contributed by atoms with van der Waals surface area (Å²) in [4.78, 5) is 4.26. The maximum atomic E-state index is 12.6. The van der Waals surface area contributed by atoms with Crippen LogP contribution < -0.4 is 0 Å². The third kappa shape index (κ3) is 2.52. The first-order valence-corrected chi connectivity index (χ1v) is 6.92. The molecule has 0 aliphatic heterocycles. The van der Waals surface area contributed by atoms with E-state index in [1.165, 1.54) is 12.1 Å². The van der Waals surface area contributed by atoms with Crippen LogP contribution in [0.3, 0.4) is 0 Å². The molecule has 1 aromatic carbocycles. The molecule has 0 bridgehead atoms. The van der Waals surface area contributed by atoms with Crippen molar-refractivity contribution >= 4 is 11.6 Å². The second kappa shape index (κ2) is 4.73. The molecular formula is C14H12ClF3N2O. The van der Waals surface area contributed by atoms with Crippen LogP contribution in [0.25, 0.3) is 0 Å². The van der Waals surface area contributed by atoms with E-state index in [0.717, 1.165) is 30.5 Å². The fourth-order valence-corrected chi connectivity index (χ4v) is 2.42. The smallest absolute Gasteiger partial charge is 0.338 e. The average Bonchev–Trinajstić information content (AvgIpc) is 3.07. The SMILES string of the molecule is CC(Cl)c1nc(C2(c3ccc(C(F)(F)F)cc3)CC2)no1. The molecule has 0 N–H and O–H groups in total. The summed E-state index contributed by atoms with van der Waals surface area (Å²) in [5, 5.41) is 3.53. The van der Waals surface area contributed by atoms with Crippen LogP contribution in [0.15, 0.2) is 28.8 Å². The van der Waals surface area contributed by atoms with Crippen LogP contribution in [0.1, 0.15) is 48.0 Å². The van der Waals surface area contributed by atoms with Crippen LogP contribution in [0.2, 0.25) is 0 Å². The van der Waals surface area contributed by atoms with Gasteiger partial charge in [-0.05, 0) is 37.5 Å². The van der Waals surface area contributed by atoms with Crippen LogP contribution in [-0.4, -0.2) is 10.1 Å². The van der Waals surface area contributed by atoms with E-state index in [-0.39, 0.29) is 0 Å². The number of aromatic nitrogens is 2. The molecular weight excluding hydrogens is 305 g/mol. The molecule has 0 saturated heterocycles. The Morgan fingerprint density at radius 2 is 1.86 bits per heavy atom. The van der Waals surface area contributed by atoms with Gasteiger partial charge in [-0.2, -0.15) is 18.2 Å². The van der Waals surface area contributed by atoms with Gasteiger partial charge in [0.1, 0.15) is 5.38 Å². The minimum atomic E-state index is -4.33. The quantitative estimate of drug-likeness (QED) is 0.784. The molecule has 0 radical (unpaired) electrons. The van der Waals surface area contributed by atoms with Gasteiger partial charge < -0.3 is 4.52 Å². The van der Waals surface area contributed by atoms with Crippen LogP contribution >= 0.6 is 11.6 Å². The predicted molar refractivity (Wildman–Crippen MR) is 70.0 cm³/mol. The van der Waals surface area contributed by atoms with Crippen LogP contribution in [0.5, 0.6) is 0 Å². The molecule has 0 amide bonds. The molecule has 0 spiro atoms. The van der Waals surface area contributed by atoms with Crippen molar-refractivity contribution in [1.29, 1.82) is 0 Å². The summed E-state index contributed by atoms with van der Waals surface area (Å²) < 4.78 is 42.9.